The van der Waals surface area contributed by atoms with Crippen LogP contribution in [0.25, 0.3) is 0 Å². The van der Waals surface area contributed by atoms with Crippen molar-refractivity contribution in [2.45, 2.75) is 37.8 Å². The van der Waals surface area contributed by atoms with Crippen LogP contribution in [-0.4, -0.2) is 17.9 Å². The van der Waals surface area contributed by atoms with Crippen molar-refractivity contribution in [1.29, 1.82) is 0 Å². The predicted molar refractivity (Wildman–Crippen MR) is 176 cm³/mol. The molecule has 44 heavy (non-hydrogen) atoms. The average Bonchev–Trinajstić information content (AvgIpc) is 3.26. The number of rotatable bonds is 8. The standard InChI is InChI=1S/C38H33ClN2O3/c1-26(40-38(27-16-7-4-8-17-27,28-18-9-5-10-19-28)29-20-11-6-12-21-29)35(42)44-33-25-14-13-24-32(33)41-34-30(22-15-23-31(34)39)37(2,3)36(41)43/h4-26,40H,1-3H3/t26-/m0/s1. The summed E-state index contributed by atoms with van der Waals surface area (Å²) >= 11 is 6.65. The number of carbonyl (C=O) groups excluding carboxylic acids is 2. The van der Waals surface area contributed by atoms with E-state index < -0.39 is 23.0 Å². The van der Waals surface area contributed by atoms with E-state index in [1.165, 1.54) is 0 Å². The highest BCUT2D eigenvalue weighted by Crippen LogP contribution is 2.50. The van der Waals surface area contributed by atoms with E-state index in [4.69, 9.17) is 16.3 Å². The molecule has 1 atom stereocenters. The number of para-hydroxylation sites is 3. The summed E-state index contributed by atoms with van der Waals surface area (Å²) in [6.45, 7) is 5.55. The fourth-order valence-corrected chi connectivity index (χ4v) is 6.36. The van der Waals surface area contributed by atoms with Gasteiger partial charge in [-0.15, -0.1) is 0 Å². The van der Waals surface area contributed by atoms with Crippen molar-refractivity contribution < 1.29 is 14.3 Å². The van der Waals surface area contributed by atoms with Crippen LogP contribution in [0.3, 0.4) is 0 Å². The van der Waals surface area contributed by atoms with E-state index in [1.807, 2.05) is 86.6 Å². The van der Waals surface area contributed by atoms with E-state index in [2.05, 4.69) is 41.7 Å². The minimum Gasteiger partial charge on any atom is -0.423 e. The molecule has 0 aliphatic carbocycles. The van der Waals surface area contributed by atoms with Crippen molar-refractivity contribution in [3.05, 3.63) is 161 Å². The maximum atomic E-state index is 14.0. The molecule has 1 heterocycles. The van der Waals surface area contributed by atoms with Gasteiger partial charge >= 0.3 is 5.97 Å². The molecular weight excluding hydrogens is 568 g/mol. The summed E-state index contributed by atoms with van der Waals surface area (Å²) in [4.78, 5) is 29.3. The summed E-state index contributed by atoms with van der Waals surface area (Å²) in [5, 5.41) is 4.11. The number of ether oxygens (including phenoxy) is 1. The van der Waals surface area contributed by atoms with Gasteiger partial charge in [-0.25, -0.2) is 4.79 Å². The van der Waals surface area contributed by atoms with Crippen LogP contribution in [0.5, 0.6) is 5.75 Å². The van der Waals surface area contributed by atoms with Gasteiger partial charge in [-0.3, -0.25) is 15.0 Å². The van der Waals surface area contributed by atoms with Crippen molar-refractivity contribution in [2.24, 2.45) is 0 Å². The van der Waals surface area contributed by atoms with Gasteiger partial charge in [0.2, 0.25) is 5.91 Å². The zero-order valence-corrected chi connectivity index (χ0v) is 25.6. The Morgan fingerprint density at radius 2 is 1.25 bits per heavy atom. The topological polar surface area (TPSA) is 58.6 Å². The number of fused-ring (bicyclic) bond motifs is 1. The van der Waals surface area contributed by atoms with Crippen LogP contribution >= 0.6 is 11.6 Å². The monoisotopic (exact) mass is 600 g/mol. The van der Waals surface area contributed by atoms with Gasteiger partial charge < -0.3 is 4.74 Å². The lowest BCUT2D eigenvalue weighted by Gasteiger charge is -2.39. The minimum absolute atomic E-state index is 0.147. The molecule has 1 aliphatic rings. The second kappa shape index (κ2) is 11.8. The SMILES string of the molecule is C[C@H](NC(c1ccccc1)(c1ccccc1)c1ccccc1)C(=O)Oc1ccccc1N1C(=O)C(C)(C)c2cccc(Cl)c21. The Bertz CT molecular complexity index is 1710. The lowest BCUT2D eigenvalue weighted by molar-refractivity contribution is -0.136. The quantitative estimate of drug-likeness (QED) is 0.111. The zero-order valence-electron chi connectivity index (χ0n) is 24.8. The average molecular weight is 601 g/mol. The first-order valence-corrected chi connectivity index (χ1v) is 15.0. The van der Waals surface area contributed by atoms with E-state index in [1.54, 1.807) is 36.1 Å². The van der Waals surface area contributed by atoms with Gasteiger partial charge in [0.05, 0.1) is 27.4 Å². The molecule has 220 valence electrons. The fraction of sp³-hybridized carbons (Fsp3) is 0.158. The fourth-order valence-electron chi connectivity index (χ4n) is 6.10. The summed E-state index contributed by atoms with van der Waals surface area (Å²) in [6.07, 6.45) is 0. The highest BCUT2D eigenvalue weighted by atomic mass is 35.5. The Labute approximate surface area is 263 Å². The number of nitrogens with one attached hydrogen (secondary N) is 1. The highest BCUT2D eigenvalue weighted by Gasteiger charge is 2.46. The molecule has 1 aliphatic heterocycles. The first-order valence-electron chi connectivity index (χ1n) is 14.6. The van der Waals surface area contributed by atoms with Gasteiger partial charge in [0.15, 0.2) is 5.75 Å². The first-order chi connectivity index (χ1) is 21.2. The molecule has 1 amide bonds. The third kappa shape index (κ3) is 4.98. The molecule has 0 fully saturated rings. The van der Waals surface area contributed by atoms with Crippen molar-refractivity contribution in [2.75, 3.05) is 4.90 Å². The van der Waals surface area contributed by atoms with E-state index in [9.17, 15) is 9.59 Å². The van der Waals surface area contributed by atoms with Crippen molar-refractivity contribution in [1.82, 2.24) is 5.32 Å². The van der Waals surface area contributed by atoms with Gasteiger partial charge in [-0.2, -0.15) is 0 Å². The van der Waals surface area contributed by atoms with Crippen LogP contribution in [-0.2, 0) is 20.5 Å². The third-order valence-corrected chi connectivity index (χ3v) is 8.65. The molecule has 0 saturated carbocycles. The molecule has 0 radical (unpaired) electrons. The molecule has 0 spiro atoms. The van der Waals surface area contributed by atoms with Gasteiger partial charge in [-0.1, -0.05) is 127 Å². The van der Waals surface area contributed by atoms with Crippen LogP contribution in [0.1, 0.15) is 43.0 Å². The summed E-state index contributed by atoms with van der Waals surface area (Å²) in [6, 6.07) is 42.1. The molecule has 0 saturated heterocycles. The molecule has 1 N–H and O–H groups in total. The number of halogens is 1. The largest absolute Gasteiger partial charge is 0.423 e. The number of hydrogen-bond donors (Lipinski definition) is 1. The maximum Gasteiger partial charge on any atom is 0.328 e. The normalized spacial score (nSPS) is 14.6. The first kappa shape index (κ1) is 29.4. The number of amides is 1. The number of benzene rings is 5. The van der Waals surface area contributed by atoms with Crippen LogP contribution in [0.4, 0.5) is 11.4 Å². The Morgan fingerprint density at radius 1 is 0.750 bits per heavy atom. The second-order valence-electron chi connectivity index (χ2n) is 11.5. The summed E-state index contributed by atoms with van der Waals surface area (Å²) in [5.74, 6) is -0.366. The Kier molecular flexibility index (Phi) is 7.85. The molecule has 0 bridgehead atoms. The molecular formula is C38H33ClN2O3. The number of hydrogen-bond acceptors (Lipinski definition) is 4. The molecule has 5 aromatic rings. The van der Waals surface area contributed by atoms with Crippen LogP contribution in [0.2, 0.25) is 5.02 Å². The predicted octanol–water partition coefficient (Wildman–Crippen LogP) is 8.17. The van der Waals surface area contributed by atoms with E-state index in [0.717, 1.165) is 22.3 Å². The second-order valence-corrected chi connectivity index (χ2v) is 11.9. The van der Waals surface area contributed by atoms with Crippen LogP contribution in [0, 0.1) is 0 Å². The molecule has 5 aromatic carbocycles. The minimum atomic E-state index is -0.858. The van der Waals surface area contributed by atoms with E-state index in [-0.39, 0.29) is 11.7 Å². The lowest BCUT2D eigenvalue weighted by Crippen LogP contribution is -2.52. The molecule has 0 unspecified atom stereocenters. The third-order valence-electron chi connectivity index (χ3n) is 8.35. The van der Waals surface area contributed by atoms with Gasteiger partial charge in [0, 0.05) is 0 Å². The molecule has 6 heteroatoms. The molecule has 0 aromatic heterocycles. The van der Waals surface area contributed by atoms with E-state index in [0.29, 0.717) is 16.4 Å². The maximum absolute atomic E-state index is 14.0. The highest BCUT2D eigenvalue weighted by molar-refractivity contribution is 6.35. The summed E-state index contributed by atoms with van der Waals surface area (Å²) in [5.41, 5.74) is 3.17. The van der Waals surface area contributed by atoms with Crippen molar-refractivity contribution >= 4 is 34.9 Å². The molecule has 5 nitrogen and oxygen atoms in total. The Hall–Kier alpha value is -4.71. The number of nitrogens with zero attached hydrogens (tertiary/aromatic N) is 1. The summed E-state index contributed by atoms with van der Waals surface area (Å²) < 4.78 is 6.11. The Balaban J connectivity index is 1.38. The number of anilines is 2. The van der Waals surface area contributed by atoms with Gasteiger partial charge in [0.25, 0.3) is 0 Å². The number of carbonyl (C=O) groups is 2. The van der Waals surface area contributed by atoms with Crippen molar-refractivity contribution in [3.8, 4) is 5.75 Å². The van der Waals surface area contributed by atoms with Crippen LogP contribution in [0.15, 0.2) is 133 Å². The van der Waals surface area contributed by atoms with Gasteiger partial charge in [-0.05, 0) is 61.2 Å². The van der Waals surface area contributed by atoms with Gasteiger partial charge in [0.1, 0.15) is 6.04 Å². The van der Waals surface area contributed by atoms with Crippen LogP contribution < -0.4 is 15.0 Å². The van der Waals surface area contributed by atoms with Crippen molar-refractivity contribution in [3.63, 3.8) is 0 Å². The molecule has 6 rings (SSSR count). The lowest BCUT2D eigenvalue weighted by atomic mass is 9.76. The zero-order chi connectivity index (χ0) is 30.9. The Morgan fingerprint density at radius 3 is 1.80 bits per heavy atom. The summed E-state index contributed by atoms with van der Waals surface area (Å²) in [7, 11) is 0. The number of esters is 1. The smallest absolute Gasteiger partial charge is 0.328 e. The van der Waals surface area contributed by atoms with E-state index >= 15 is 0 Å².